The molecule has 0 bridgehead atoms. The van der Waals surface area contributed by atoms with Crippen LogP contribution in [0.3, 0.4) is 0 Å². The quantitative estimate of drug-likeness (QED) is 0.678. The van der Waals surface area contributed by atoms with E-state index in [-0.39, 0.29) is 23.1 Å². The molecule has 3 N–H and O–H groups in total. The highest BCUT2D eigenvalue weighted by atomic mass is 32.2. The molecular formula is C17H19N3O4S2. The molecule has 0 aliphatic carbocycles. The first-order valence-electron chi connectivity index (χ1n) is 8.06. The van der Waals surface area contributed by atoms with E-state index in [1.807, 2.05) is 17.5 Å². The molecule has 0 saturated carbocycles. The summed E-state index contributed by atoms with van der Waals surface area (Å²) in [5, 5.41) is 10.1. The van der Waals surface area contributed by atoms with Gasteiger partial charge in [-0.2, -0.15) is 0 Å². The van der Waals surface area contributed by atoms with Crippen LogP contribution in [0.25, 0.3) is 0 Å². The van der Waals surface area contributed by atoms with Crippen molar-refractivity contribution in [3.8, 4) is 0 Å². The van der Waals surface area contributed by atoms with E-state index < -0.39 is 16.1 Å². The first-order valence-corrected chi connectivity index (χ1v) is 10.5. The molecule has 3 rings (SSSR count). The van der Waals surface area contributed by atoms with Crippen LogP contribution in [-0.4, -0.2) is 37.7 Å². The lowest BCUT2D eigenvalue weighted by Gasteiger charge is -2.14. The number of imide groups is 1. The molecule has 1 aromatic carbocycles. The van der Waals surface area contributed by atoms with Crippen LogP contribution in [0.4, 0.5) is 0 Å². The van der Waals surface area contributed by atoms with Crippen molar-refractivity contribution >= 4 is 33.2 Å². The molecule has 1 fully saturated rings. The summed E-state index contributed by atoms with van der Waals surface area (Å²) in [5.41, 5.74) is 0.914. The third kappa shape index (κ3) is 4.36. The van der Waals surface area contributed by atoms with Crippen LogP contribution in [0, 0.1) is 0 Å². The van der Waals surface area contributed by atoms with E-state index in [0.29, 0.717) is 19.5 Å². The van der Waals surface area contributed by atoms with E-state index in [4.69, 9.17) is 5.14 Å². The molecule has 0 spiro atoms. The van der Waals surface area contributed by atoms with Gasteiger partial charge in [0.2, 0.25) is 21.8 Å². The molecule has 26 heavy (non-hydrogen) atoms. The van der Waals surface area contributed by atoms with Crippen LogP contribution < -0.4 is 10.5 Å². The smallest absolute Gasteiger partial charge is 0.247 e. The molecule has 2 aromatic rings. The Bertz CT molecular complexity index is 893. The van der Waals surface area contributed by atoms with E-state index in [1.165, 1.54) is 28.4 Å². The minimum absolute atomic E-state index is 0.0648. The molecule has 1 atom stereocenters. The Morgan fingerprint density at radius 3 is 2.54 bits per heavy atom. The Labute approximate surface area is 155 Å². The van der Waals surface area contributed by atoms with Crippen LogP contribution in [-0.2, 0) is 32.6 Å². The summed E-state index contributed by atoms with van der Waals surface area (Å²) in [4.78, 5) is 26.8. The molecule has 9 heteroatoms. The van der Waals surface area contributed by atoms with Crippen molar-refractivity contribution in [2.75, 3.05) is 6.54 Å². The topological polar surface area (TPSA) is 110 Å². The van der Waals surface area contributed by atoms with Gasteiger partial charge in [-0.1, -0.05) is 18.2 Å². The van der Waals surface area contributed by atoms with Gasteiger partial charge < -0.3 is 5.32 Å². The second kappa shape index (κ2) is 7.67. The Kier molecular flexibility index (Phi) is 5.52. The van der Waals surface area contributed by atoms with Gasteiger partial charge in [-0.3, -0.25) is 14.5 Å². The zero-order valence-corrected chi connectivity index (χ0v) is 15.6. The van der Waals surface area contributed by atoms with Crippen molar-refractivity contribution in [3.05, 3.63) is 52.2 Å². The number of hydrogen-bond donors (Lipinski definition) is 2. The number of nitrogens with zero attached hydrogens (tertiary/aromatic N) is 1. The third-order valence-corrected chi connectivity index (χ3v) is 5.98. The first kappa shape index (κ1) is 18.7. The van der Waals surface area contributed by atoms with Crippen molar-refractivity contribution in [3.63, 3.8) is 0 Å². The molecule has 1 aromatic heterocycles. The second-order valence-corrected chi connectivity index (χ2v) is 8.64. The van der Waals surface area contributed by atoms with E-state index in [9.17, 15) is 18.0 Å². The first-order chi connectivity index (χ1) is 12.3. The zero-order chi connectivity index (χ0) is 18.7. The van der Waals surface area contributed by atoms with Crippen LogP contribution in [0.5, 0.6) is 0 Å². The zero-order valence-electron chi connectivity index (χ0n) is 13.9. The predicted octanol–water partition coefficient (Wildman–Crippen LogP) is 0.855. The highest BCUT2D eigenvalue weighted by Crippen LogP contribution is 2.19. The molecule has 2 heterocycles. The average molecular weight is 393 g/mol. The van der Waals surface area contributed by atoms with Gasteiger partial charge in [-0.15, -0.1) is 11.3 Å². The number of nitrogens with two attached hydrogens (primary N) is 1. The maximum atomic E-state index is 12.4. The van der Waals surface area contributed by atoms with Crippen LogP contribution in [0.15, 0.2) is 46.7 Å². The van der Waals surface area contributed by atoms with Crippen LogP contribution >= 0.6 is 11.3 Å². The van der Waals surface area contributed by atoms with Gasteiger partial charge in [0, 0.05) is 4.88 Å². The number of sulfonamides is 1. The molecule has 0 unspecified atom stereocenters. The summed E-state index contributed by atoms with van der Waals surface area (Å²) in [6.07, 6.45) is 0.766. The SMILES string of the molecule is NS(=O)(=O)c1ccc(CCN[C@H]2CC(=O)N(Cc3cccs3)C2=O)cc1. The number of rotatable bonds is 7. The lowest BCUT2D eigenvalue weighted by Crippen LogP contribution is -2.39. The monoisotopic (exact) mass is 393 g/mol. The fraction of sp³-hybridized carbons (Fsp3) is 0.294. The fourth-order valence-corrected chi connectivity index (χ4v) is 4.01. The van der Waals surface area contributed by atoms with Crippen molar-refractivity contribution in [2.24, 2.45) is 5.14 Å². The number of nitrogens with one attached hydrogen (secondary N) is 1. The Balaban J connectivity index is 1.52. The Hall–Kier alpha value is -2.07. The van der Waals surface area contributed by atoms with E-state index in [0.717, 1.165) is 10.4 Å². The fourth-order valence-electron chi connectivity index (χ4n) is 2.80. The minimum Gasteiger partial charge on any atom is -0.305 e. The van der Waals surface area contributed by atoms with E-state index in [2.05, 4.69) is 5.32 Å². The molecule has 7 nitrogen and oxygen atoms in total. The van der Waals surface area contributed by atoms with E-state index in [1.54, 1.807) is 12.1 Å². The standard InChI is InChI=1S/C17H19N3O4S2/c18-26(23,24)14-5-3-12(4-6-14)7-8-19-15-10-16(21)20(17(15)22)11-13-2-1-9-25-13/h1-6,9,15,19H,7-8,10-11H2,(H2,18,23,24)/t15-/m0/s1. The average Bonchev–Trinajstić information content (AvgIpc) is 3.19. The maximum Gasteiger partial charge on any atom is 0.247 e. The van der Waals surface area contributed by atoms with E-state index >= 15 is 0 Å². The summed E-state index contributed by atoms with van der Waals surface area (Å²) in [7, 11) is -3.70. The molecule has 138 valence electrons. The number of carbonyl (C=O) groups excluding carboxylic acids is 2. The number of hydrogen-bond acceptors (Lipinski definition) is 6. The van der Waals surface area contributed by atoms with Gasteiger partial charge in [-0.05, 0) is 42.1 Å². The summed E-state index contributed by atoms with van der Waals surface area (Å²) in [6, 6.07) is 9.57. The van der Waals surface area contributed by atoms with Gasteiger partial charge in [0.15, 0.2) is 0 Å². The molecule has 1 aliphatic rings. The number of carbonyl (C=O) groups is 2. The molecule has 0 radical (unpaired) electrons. The summed E-state index contributed by atoms with van der Waals surface area (Å²) >= 11 is 1.51. The second-order valence-electron chi connectivity index (χ2n) is 6.05. The number of primary sulfonamides is 1. The lowest BCUT2D eigenvalue weighted by molar-refractivity contribution is -0.139. The number of benzene rings is 1. The molecule has 1 saturated heterocycles. The lowest BCUT2D eigenvalue weighted by atomic mass is 10.1. The molecular weight excluding hydrogens is 374 g/mol. The third-order valence-electron chi connectivity index (χ3n) is 4.19. The van der Waals surface area contributed by atoms with Crippen LogP contribution in [0.1, 0.15) is 16.9 Å². The number of thiophene rings is 1. The highest BCUT2D eigenvalue weighted by molar-refractivity contribution is 7.89. The largest absolute Gasteiger partial charge is 0.305 e. The highest BCUT2D eigenvalue weighted by Gasteiger charge is 2.38. The van der Waals surface area contributed by atoms with Gasteiger partial charge in [0.25, 0.3) is 0 Å². The van der Waals surface area contributed by atoms with Gasteiger partial charge in [0.05, 0.1) is 23.9 Å². The Morgan fingerprint density at radius 2 is 1.92 bits per heavy atom. The van der Waals surface area contributed by atoms with Crippen molar-refractivity contribution < 1.29 is 18.0 Å². The van der Waals surface area contributed by atoms with Gasteiger partial charge in [0.1, 0.15) is 0 Å². The number of amides is 2. The predicted molar refractivity (Wildman–Crippen MR) is 97.8 cm³/mol. The minimum atomic E-state index is -3.70. The summed E-state index contributed by atoms with van der Waals surface area (Å²) in [5.74, 6) is -0.369. The summed E-state index contributed by atoms with van der Waals surface area (Å²) in [6.45, 7) is 0.827. The maximum absolute atomic E-state index is 12.4. The normalized spacial score (nSPS) is 17.9. The summed E-state index contributed by atoms with van der Waals surface area (Å²) < 4.78 is 22.5. The Morgan fingerprint density at radius 1 is 1.19 bits per heavy atom. The van der Waals surface area contributed by atoms with Gasteiger partial charge >= 0.3 is 0 Å². The van der Waals surface area contributed by atoms with Crippen molar-refractivity contribution in [1.29, 1.82) is 0 Å². The van der Waals surface area contributed by atoms with Crippen molar-refractivity contribution in [1.82, 2.24) is 10.2 Å². The molecule has 1 aliphatic heterocycles. The van der Waals surface area contributed by atoms with Crippen molar-refractivity contribution in [2.45, 2.75) is 30.3 Å². The van der Waals surface area contributed by atoms with Gasteiger partial charge in [-0.25, -0.2) is 13.6 Å². The van der Waals surface area contributed by atoms with Crippen LogP contribution in [0.2, 0.25) is 0 Å². The number of likely N-dealkylation sites (tertiary alicyclic amines) is 1. The molecule has 2 amide bonds.